The van der Waals surface area contributed by atoms with E-state index in [1.165, 1.54) is 18.2 Å². The Balaban J connectivity index is 1.92. The van der Waals surface area contributed by atoms with Gasteiger partial charge in [-0.3, -0.25) is 10.1 Å². The fraction of sp³-hybridized carbons (Fsp3) is 0.158. The number of hydrogen-bond donors (Lipinski definition) is 2. The molecule has 0 aliphatic carbocycles. The van der Waals surface area contributed by atoms with Crippen LogP contribution in [0.5, 0.6) is 0 Å². The van der Waals surface area contributed by atoms with E-state index in [4.69, 9.17) is 0 Å². The van der Waals surface area contributed by atoms with Crippen molar-refractivity contribution in [3.63, 3.8) is 0 Å². The van der Waals surface area contributed by atoms with Crippen LogP contribution in [0, 0.1) is 17.0 Å². The van der Waals surface area contributed by atoms with Crippen molar-refractivity contribution < 1.29 is 18.1 Å². The minimum Gasteiger partial charge on any atom is -0.360 e. The third-order valence-corrected chi connectivity index (χ3v) is 4.07. The minimum absolute atomic E-state index is 0.0995. The van der Waals surface area contributed by atoms with Crippen molar-refractivity contribution in [3.8, 4) is 0 Å². The summed E-state index contributed by atoms with van der Waals surface area (Å²) in [5, 5.41) is 16.9. The third kappa shape index (κ3) is 4.78. The van der Waals surface area contributed by atoms with Crippen molar-refractivity contribution in [2.45, 2.75) is 19.6 Å². The summed E-state index contributed by atoms with van der Waals surface area (Å²) in [5.41, 5.74) is 0.0852. The zero-order chi connectivity index (χ0) is 21.0. The maximum absolute atomic E-state index is 13.2. The molecule has 0 fully saturated rings. The highest BCUT2D eigenvalue weighted by Gasteiger charge is 2.34. The largest absolute Gasteiger partial charge is 0.418 e. The maximum atomic E-state index is 13.2. The molecule has 0 saturated heterocycles. The van der Waals surface area contributed by atoms with Gasteiger partial charge in [0, 0.05) is 6.54 Å². The Morgan fingerprint density at radius 3 is 2.34 bits per heavy atom. The van der Waals surface area contributed by atoms with Crippen molar-refractivity contribution in [2.24, 2.45) is 0 Å². The minimum atomic E-state index is -4.63. The van der Waals surface area contributed by atoms with Crippen LogP contribution in [0.4, 0.5) is 36.2 Å². The second kappa shape index (κ2) is 8.13. The molecule has 0 saturated carbocycles. The van der Waals surface area contributed by atoms with Gasteiger partial charge in [0.2, 0.25) is 11.6 Å². The molecule has 0 spiro atoms. The van der Waals surface area contributed by atoms with E-state index in [1.54, 1.807) is 0 Å². The van der Waals surface area contributed by atoms with Crippen LogP contribution in [0.15, 0.2) is 54.9 Å². The number of hydrogen-bond acceptors (Lipinski definition) is 6. The predicted octanol–water partition coefficient (Wildman–Crippen LogP) is 5.07. The van der Waals surface area contributed by atoms with Gasteiger partial charge in [-0.15, -0.1) is 0 Å². The van der Waals surface area contributed by atoms with Crippen LogP contribution in [-0.2, 0) is 12.7 Å². The van der Waals surface area contributed by atoms with Gasteiger partial charge in [0.25, 0.3) is 0 Å². The lowest BCUT2D eigenvalue weighted by Crippen LogP contribution is -2.11. The number of anilines is 3. The number of benzene rings is 2. The summed E-state index contributed by atoms with van der Waals surface area (Å²) in [6.45, 7) is 2.18. The molecule has 0 radical (unpaired) electrons. The number of aryl methyl sites for hydroxylation is 1. The molecule has 0 bridgehead atoms. The molecule has 3 rings (SSSR count). The zero-order valence-electron chi connectivity index (χ0n) is 15.2. The SMILES string of the molecule is Cc1ccc(CNc2ncnc(Nc3ccccc3C(F)(F)F)c2[N+](=O)[O-])cc1. The number of alkyl halides is 3. The van der Waals surface area contributed by atoms with Crippen LogP contribution < -0.4 is 10.6 Å². The Hall–Kier alpha value is -3.69. The molecular formula is C19H16F3N5O2. The zero-order valence-corrected chi connectivity index (χ0v) is 15.2. The molecule has 1 aromatic heterocycles. The number of halogens is 3. The molecule has 7 nitrogen and oxygen atoms in total. The molecule has 150 valence electrons. The van der Waals surface area contributed by atoms with Crippen molar-refractivity contribution >= 4 is 23.0 Å². The Labute approximate surface area is 163 Å². The van der Waals surface area contributed by atoms with Crippen LogP contribution in [0.25, 0.3) is 0 Å². The third-order valence-electron chi connectivity index (χ3n) is 4.07. The Bertz CT molecular complexity index is 1020. The van der Waals surface area contributed by atoms with Crippen LogP contribution in [0.1, 0.15) is 16.7 Å². The van der Waals surface area contributed by atoms with Gasteiger partial charge in [-0.1, -0.05) is 42.0 Å². The number of nitrogens with zero attached hydrogens (tertiary/aromatic N) is 3. The molecule has 0 amide bonds. The van der Waals surface area contributed by atoms with E-state index in [0.29, 0.717) is 0 Å². The van der Waals surface area contributed by atoms with Crippen LogP contribution in [-0.4, -0.2) is 14.9 Å². The molecule has 3 aromatic rings. The molecule has 1 heterocycles. The molecule has 2 N–H and O–H groups in total. The van der Waals surface area contributed by atoms with Gasteiger partial charge in [0.05, 0.1) is 16.2 Å². The first kappa shape index (κ1) is 20.1. The molecule has 0 aliphatic heterocycles. The molecule has 0 unspecified atom stereocenters. The van der Waals surface area contributed by atoms with Crippen LogP contribution in [0.2, 0.25) is 0 Å². The summed E-state index contributed by atoms with van der Waals surface area (Å²) in [6, 6.07) is 12.2. The van der Waals surface area contributed by atoms with Gasteiger partial charge in [-0.2, -0.15) is 13.2 Å². The summed E-state index contributed by atoms with van der Waals surface area (Å²) >= 11 is 0. The lowest BCUT2D eigenvalue weighted by atomic mass is 10.1. The van der Waals surface area contributed by atoms with E-state index in [1.807, 2.05) is 31.2 Å². The first-order chi connectivity index (χ1) is 13.8. The van der Waals surface area contributed by atoms with Gasteiger partial charge in [-0.25, -0.2) is 9.97 Å². The second-order valence-electron chi connectivity index (χ2n) is 6.18. The first-order valence-corrected chi connectivity index (χ1v) is 8.48. The second-order valence-corrected chi connectivity index (χ2v) is 6.18. The van der Waals surface area contributed by atoms with E-state index in [2.05, 4.69) is 20.6 Å². The quantitative estimate of drug-likeness (QED) is 0.441. The number of para-hydroxylation sites is 1. The molecule has 0 aliphatic rings. The monoisotopic (exact) mass is 403 g/mol. The molecule has 2 aromatic carbocycles. The summed E-state index contributed by atoms with van der Waals surface area (Å²) in [5.74, 6) is -0.439. The molecular weight excluding hydrogens is 387 g/mol. The summed E-state index contributed by atoms with van der Waals surface area (Å²) in [4.78, 5) is 18.5. The highest BCUT2D eigenvalue weighted by Crippen LogP contribution is 2.38. The van der Waals surface area contributed by atoms with E-state index in [0.717, 1.165) is 23.5 Å². The van der Waals surface area contributed by atoms with Gasteiger partial charge in [-0.05, 0) is 24.6 Å². The van der Waals surface area contributed by atoms with E-state index in [9.17, 15) is 23.3 Å². The lowest BCUT2D eigenvalue weighted by molar-refractivity contribution is -0.383. The summed E-state index contributed by atoms with van der Waals surface area (Å²) < 4.78 is 39.6. The average Bonchev–Trinajstić information content (AvgIpc) is 2.67. The highest BCUT2D eigenvalue weighted by atomic mass is 19.4. The predicted molar refractivity (Wildman–Crippen MR) is 102 cm³/mol. The van der Waals surface area contributed by atoms with Crippen LogP contribution >= 0.6 is 0 Å². The summed E-state index contributed by atoms with van der Waals surface area (Å²) in [7, 11) is 0. The van der Waals surface area contributed by atoms with Crippen LogP contribution in [0.3, 0.4) is 0 Å². The lowest BCUT2D eigenvalue weighted by Gasteiger charge is -2.14. The van der Waals surface area contributed by atoms with E-state index < -0.39 is 22.4 Å². The van der Waals surface area contributed by atoms with Crippen molar-refractivity contribution in [3.05, 3.63) is 81.7 Å². The number of nitrogens with one attached hydrogen (secondary N) is 2. The maximum Gasteiger partial charge on any atom is 0.418 e. The fourth-order valence-electron chi connectivity index (χ4n) is 2.63. The van der Waals surface area contributed by atoms with Gasteiger partial charge >= 0.3 is 11.9 Å². The van der Waals surface area contributed by atoms with Gasteiger partial charge < -0.3 is 10.6 Å². The molecule has 10 heteroatoms. The topological polar surface area (TPSA) is 93.0 Å². The van der Waals surface area contributed by atoms with Gasteiger partial charge in [0.1, 0.15) is 6.33 Å². The van der Waals surface area contributed by atoms with Gasteiger partial charge in [0.15, 0.2) is 0 Å². The Morgan fingerprint density at radius 1 is 1.03 bits per heavy atom. The standard InChI is InChI=1S/C19H16F3N5O2/c1-12-6-8-13(9-7-12)10-23-17-16(27(28)29)18(25-11-24-17)26-15-5-3-2-4-14(15)19(20,21)22/h2-9,11H,10H2,1H3,(H2,23,24,25,26). The number of aromatic nitrogens is 2. The van der Waals surface area contributed by atoms with Crippen molar-refractivity contribution in [2.75, 3.05) is 10.6 Å². The summed E-state index contributed by atoms with van der Waals surface area (Å²) in [6.07, 6.45) is -3.58. The number of nitro groups is 1. The van der Waals surface area contributed by atoms with Crippen molar-refractivity contribution in [1.82, 2.24) is 9.97 Å². The molecule has 0 atom stereocenters. The van der Waals surface area contributed by atoms with Crippen molar-refractivity contribution in [1.29, 1.82) is 0 Å². The number of rotatable bonds is 6. The Morgan fingerprint density at radius 2 is 1.69 bits per heavy atom. The smallest absolute Gasteiger partial charge is 0.360 e. The van der Waals surface area contributed by atoms with E-state index in [-0.39, 0.29) is 23.9 Å². The fourth-order valence-corrected chi connectivity index (χ4v) is 2.63. The van der Waals surface area contributed by atoms with E-state index >= 15 is 0 Å². The molecule has 29 heavy (non-hydrogen) atoms. The normalized spacial score (nSPS) is 11.2. The highest BCUT2D eigenvalue weighted by molar-refractivity contribution is 5.75. The average molecular weight is 403 g/mol. The first-order valence-electron chi connectivity index (χ1n) is 8.48. The Kier molecular flexibility index (Phi) is 5.62.